The summed E-state index contributed by atoms with van der Waals surface area (Å²) < 4.78 is 0. The molecule has 3 N–H and O–H groups in total. The first-order valence-corrected chi connectivity index (χ1v) is 7.19. The molecule has 0 aliphatic rings. The van der Waals surface area contributed by atoms with E-state index in [0.29, 0.717) is 6.42 Å². The number of para-hydroxylation sites is 1. The van der Waals surface area contributed by atoms with Crippen molar-refractivity contribution in [1.29, 1.82) is 0 Å². The SMILES string of the molecule is CCCc1ccccc1NC(=O)C(CCC)C(N)=S. The van der Waals surface area contributed by atoms with E-state index >= 15 is 0 Å². The summed E-state index contributed by atoms with van der Waals surface area (Å²) in [5, 5.41) is 2.96. The lowest BCUT2D eigenvalue weighted by Crippen LogP contribution is -2.33. The second-order valence-corrected chi connectivity index (χ2v) is 5.11. The third-order valence-corrected chi connectivity index (χ3v) is 3.32. The zero-order valence-electron chi connectivity index (χ0n) is 11.6. The summed E-state index contributed by atoms with van der Waals surface area (Å²) in [5.74, 6) is -0.479. The molecule has 0 spiro atoms. The Bertz CT molecular complexity index is 446. The molecule has 3 nitrogen and oxygen atoms in total. The van der Waals surface area contributed by atoms with Crippen molar-refractivity contribution in [3.63, 3.8) is 0 Å². The summed E-state index contributed by atoms with van der Waals surface area (Å²) in [5.41, 5.74) is 7.66. The number of carbonyl (C=O) groups excluding carboxylic acids is 1. The molecule has 0 saturated carbocycles. The van der Waals surface area contributed by atoms with Gasteiger partial charge in [0.05, 0.1) is 10.9 Å². The van der Waals surface area contributed by atoms with Gasteiger partial charge in [-0.1, -0.05) is 57.1 Å². The monoisotopic (exact) mass is 278 g/mol. The molecule has 0 saturated heterocycles. The quantitative estimate of drug-likeness (QED) is 0.753. The molecule has 1 aromatic carbocycles. The van der Waals surface area contributed by atoms with Gasteiger partial charge >= 0.3 is 0 Å². The van der Waals surface area contributed by atoms with Crippen molar-refractivity contribution < 1.29 is 4.79 Å². The van der Waals surface area contributed by atoms with Crippen LogP contribution in [-0.4, -0.2) is 10.9 Å². The Morgan fingerprint density at radius 3 is 2.58 bits per heavy atom. The summed E-state index contributed by atoms with van der Waals surface area (Å²) >= 11 is 4.98. The first-order chi connectivity index (χ1) is 9.10. The van der Waals surface area contributed by atoms with E-state index in [4.69, 9.17) is 18.0 Å². The minimum absolute atomic E-state index is 0.0992. The van der Waals surface area contributed by atoms with Crippen LogP contribution in [0.25, 0.3) is 0 Å². The molecule has 0 bridgehead atoms. The highest BCUT2D eigenvalue weighted by molar-refractivity contribution is 7.80. The molecule has 104 valence electrons. The molecule has 4 heteroatoms. The van der Waals surface area contributed by atoms with Crippen molar-refractivity contribution >= 4 is 28.8 Å². The fraction of sp³-hybridized carbons (Fsp3) is 0.467. The van der Waals surface area contributed by atoms with Crippen LogP contribution in [0.2, 0.25) is 0 Å². The molecule has 0 aromatic heterocycles. The molecule has 0 aliphatic carbocycles. The Hall–Kier alpha value is -1.42. The van der Waals surface area contributed by atoms with Crippen LogP contribution in [0.4, 0.5) is 5.69 Å². The number of hydrogen-bond donors (Lipinski definition) is 2. The normalized spacial score (nSPS) is 11.9. The Labute approximate surface area is 120 Å². The van der Waals surface area contributed by atoms with Gasteiger partial charge in [-0.05, 0) is 24.5 Å². The third-order valence-electron chi connectivity index (χ3n) is 3.03. The molecule has 1 rings (SSSR count). The highest BCUT2D eigenvalue weighted by Gasteiger charge is 2.21. The van der Waals surface area contributed by atoms with E-state index in [9.17, 15) is 4.79 Å². The molecular weight excluding hydrogens is 256 g/mol. The van der Waals surface area contributed by atoms with Crippen molar-refractivity contribution in [2.75, 3.05) is 5.32 Å². The summed E-state index contributed by atoms with van der Waals surface area (Å²) in [6, 6.07) is 7.86. The minimum Gasteiger partial charge on any atom is -0.393 e. The van der Waals surface area contributed by atoms with Crippen LogP contribution in [-0.2, 0) is 11.2 Å². The van der Waals surface area contributed by atoms with Crippen molar-refractivity contribution in [2.24, 2.45) is 11.7 Å². The lowest BCUT2D eigenvalue weighted by atomic mass is 10.0. The maximum Gasteiger partial charge on any atom is 0.234 e. The van der Waals surface area contributed by atoms with Gasteiger partial charge < -0.3 is 11.1 Å². The maximum absolute atomic E-state index is 12.2. The van der Waals surface area contributed by atoms with Crippen LogP contribution in [0.3, 0.4) is 0 Å². The number of nitrogens with two attached hydrogens (primary N) is 1. The van der Waals surface area contributed by atoms with Crippen LogP contribution in [0, 0.1) is 5.92 Å². The number of carbonyl (C=O) groups is 1. The van der Waals surface area contributed by atoms with E-state index in [2.05, 4.69) is 12.2 Å². The van der Waals surface area contributed by atoms with E-state index in [-0.39, 0.29) is 16.8 Å². The fourth-order valence-corrected chi connectivity index (χ4v) is 2.27. The topological polar surface area (TPSA) is 55.1 Å². The van der Waals surface area contributed by atoms with Gasteiger partial charge in [0, 0.05) is 5.69 Å². The van der Waals surface area contributed by atoms with E-state index in [1.165, 1.54) is 0 Å². The summed E-state index contributed by atoms with van der Waals surface area (Å²) in [7, 11) is 0. The van der Waals surface area contributed by atoms with E-state index in [1.54, 1.807) is 0 Å². The summed E-state index contributed by atoms with van der Waals surface area (Å²) in [6.45, 7) is 4.14. The molecule has 1 atom stereocenters. The zero-order chi connectivity index (χ0) is 14.3. The molecule has 0 fully saturated rings. The van der Waals surface area contributed by atoms with Crippen molar-refractivity contribution in [3.05, 3.63) is 29.8 Å². The first kappa shape index (κ1) is 15.6. The predicted molar refractivity (Wildman–Crippen MR) is 84.3 cm³/mol. The molecule has 0 aliphatic heterocycles. The van der Waals surface area contributed by atoms with Crippen LogP contribution in [0.1, 0.15) is 38.7 Å². The van der Waals surface area contributed by atoms with Gasteiger partial charge in [0.25, 0.3) is 0 Å². The van der Waals surface area contributed by atoms with E-state index in [0.717, 1.165) is 30.5 Å². The number of rotatable bonds is 7. The fourth-order valence-electron chi connectivity index (χ4n) is 2.04. The average molecular weight is 278 g/mol. The lowest BCUT2D eigenvalue weighted by Gasteiger charge is -2.16. The van der Waals surface area contributed by atoms with Crippen molar-refractivity contribution in [1.82, 2.24) is 0 Å². The van der Waals surface area contributed by atoms with Crippen LogP contribution >= 0.6 is 12.2 Å². The third kappa shape index (κ3) is 4.63. The van der Waals surface area contributed by atoms with Gasteiger partial charge in [-0.15, -0.1) is 0 Å². The number of hydrogen-bond acceptors (Lipinski definition) is 2. The number of benzene rings is 1. The molecule has 1 amide bonds. The van der Waals surface area contributed by atoms with Gasteiger partial charge in [0.1, 0.15) is 0 Å². The lowest BCUT2D eigenvalue weighted by molar-refractivity contribution is -0.118. The van der Waals surface area contributed by atoms with Crippen LogP contribution < -0.4 is 11.1 Å². The standard InChI is InChI=1S/C15H22N2OS/c1-3-7-11-9-5-6-10-13(11)17-15(18)12(8-4-2)14(16)19/h5-6,9-10,12H,3-4,7-8H2,1-2H3,(H2,16,19)(H,17,18). The number of anilines is 1. The Kier molecular flexibility index (Phi) is 6.50. The molecular formula is C15H22N2OS. The Balaban J connectivity index is 2.83. The zero-order valence-corrected chi connectivity index (χ0v) is 12.4. The van der Waals surface area contributed by atoms with Gasteiger partial charge in [-0.2, -0.15) is 0 Å². The van der Waals surface area contributed by atoms with Gasteiger partial charge in [0.2, 0.25) is 5.91 Å². The van der Waals surface area contributed by atoms with Gasteiger partial charge in [0.15, 0.2) is 0 Å². The number of amides is 1. The number of aryl methyl sites for hydroxylation is 1. The highest BCUT2D eigenvalue weighted by Crippen LogP contribution is 2.19. The van der Waals surface area contributed by atoms with E-state index < -0.39 is 0 Å². The van der Waals surface area contributed by atoms with Crippen molar-refractivity contribution in [3.8, 4) is 0 Å². The Morgan fingerprint density at radius 2 is 2.00 bits per heavy atom. The van der Waals surface area contributed by atoms with E-state index in [1.807, 2.05) is 31.2 Å². The molecule has 1 unspecified atom stereocenters. The summed E-state index contributed by atoms with van der Waals surface area (Å²) in [6.07, 6.45) is 3.56. The van der Waals surface area contributed by atoms with Crippen molar-refractivity contribution in [2.45, 2.75) is 39.5 Å². The second-order valence-electron chi connectivity index (χ2n) is 4.64. The predicted octanol–water partition coefficient (Wildman–Crippen LogP) is 3.28. The van der Waals surface area contributed by atoms with Gasteiger partial charge in [-0.25, -0.2) is 0 Å². The summed E-state index contributed by atoms with van der Waals surface area (Å²) in [4.78, 5) is 12.5. The Morgan fingerprint density at radius 1 is 1.32 bits per heavy atom. The molecule has 0 radical (unpaired) electrons. The average Bonchev–Trinajstić information content (AvgIpc) is 2.38. The largest absolute Gasteiger partial charge is 0.393 e. The number of thiocarbonyl (C=S) groups is 1. The molecule has 19 heavy (non-hydrogen) atoms. The number of nitrogens with one attached hydrogen (secondary N) is 1. The molecule has 1 aromatic rings. The highest BCUT2D eigenvalue weighted by atomic mass is 32.1. The maximum atomic E-state index is 12.2. The minimum atomic E-state index is -0.380. The first-order valence-electron chi connectivity index (χ1n) is 6.78. The van der Waals surface area contributed by atoms with Crippen LogP contribution in [0.5, 0.6) is 0 Å². The second kappa shape index (κ2) is 7.89. The smallest absolute Gasteiger partial charge is 0.234 e. The molecule has 0 heterocycles. The van der Waals surface area contributed by atoms with Crippen LogP contribution in [0.15, 0.2) is 24.3 Å². The van der Waals surface area contributed by atoms with Gasteiger partial charge in [-0.3, -0.25) is 4.79 Å².